The van der Waals surface area contributed by atoms with Crippen molar-refractivity contribution >= 4 is 23.8 Å². The SMILES string of the molecule is CN=CC(=O)CCN1C(=O)CC(C(C)(C)CC(C)C)C1=O. The molecule has 2 amide bonds. The van der Waals surface area contributed by atoms with Crippen LogP contribution in [0.4, 0.5) is 0 Å². The summed E-state index contributed by atoms with van der Waals surface area (Å²) < 4.78 is 0. The number of carbonyl (C=O) groups excluding carboxylic acids is 3. The molecule has 0 N–H and O–H groups in total. The van der Waals surface area contributed by atoms with Gasteiger partial charge in [-0.15, -0.1) is 0 Å². The molecular formula is C16H26N2O3. The molecule has 1 fully saturated rings. The zero-order valence-corrected chi connectivity index (χ0v) is 13.7. The average Bonchev–Trinajstić information content (AvgIpc) is 2.62. The van der Waals surface area contributed by atoms with Crippen LogP contribution >= 0.6 is 0 Å². The highest BCUT2D eigenvalue weighted by molar-refractivity contribution is 6.27. The molecule has 0 spiro atoms. The summed E-state index contributed by atoms with van der Waals surface area (Å²) in [5.41, 5.74) is -0.204. The Hall–Kier alpha value is -1.52. The Bertz CT molecular complexity index is 452. The highest BCUT2D eigenvalue weighted by atomic mass is 16.2. The fraction of sp³-hybridized carbons (Fsp3) is 0.750. The molecule has 5 nitrogen and oxygen atoms in total. The van der Waals surface area contributed by atoms with Gasteiger partial charge in [-0.25, -0.2) is 0 Å². The van der Waals surface area contributed by atoms with Gasteiger partial charge in [-0.1, -0.05) is 27.7 Å². The number of amides is 2. The van der Waals surface area contributed by atoms with Crippen LogP contribution in [0.5, 0.6) is 0 Å². The number of imide groups is 1. The Kier molecular flexibility index (Phi) is 5.81. The summed E-state index contributed by atoms with van der Waals surface area (Å²) in [6.07, 6.45) is 2.53. The van der Waals surface area contributed by atoms with E-state index in [1.165, 1.54) is 18.2 Å². The maximum Gasteiger partial charge on any atom is 0.233 e. The minimum Gasteiger partial charge on any atom is -0.293 e. The Morgan fingerprint density at radius 2 is 2.05 bits per heavy atom. The summed E-state index contributed by atoms with van der Waals surface area (Å²) >= 11 is 0. The predicted octanol–water partition coefficient (Wildman–Crippen LogP) is 2.09. The summed E-state index contributed by atoms with van der Waals surface area (Å²) in [4.78, 5) is 40.9. The van der Waals surface area contributed by atoms with Gasteiger partial charge in [-0.3, -0.25) is 24.3 Å². The minimum absolute atomic E-state index is 0.133. The normalized spacial score (nSPS) is 20.1. The number of Topliss-reactive ketones (excluding diaryl/α,β-unsaturated/α-hetero) is 1. The molecule has 0 saturated carbocycles. The monoisotopic (exact) mass is 294 g/mol. The highest BCUT2D eigenvalue weighted by Crippen LogP contribution is 2.40. The van der Waals surface area contributed by atoms with Crippen LogP contribution in [-0.4, -0.2) is 42.3 Å². The zero-order chi connectivity index (χ0) is 16.2. The van der Waals surface area contributed by atoms with Gasteiger partial charge in [0.05, 0.1) is 12.1 Å². The van der Waals surface area contributed by atoms with E-state index in [2.05, 4.69) is 18.8 Å². The van der Waals surface area contributed by atoms with Crippen molar-refractivity contribution in [2.24, 2.45) is 22.2 Å². The van der Waals surface area contributed by atoms with Crippen LogP contribution in [0.1, 0.15) is 47.0 Å². The van der Waals surface area contributed by atoms with E-state index < -0.39 is 0 Å². The number of nitrogens with zero attached hydrogens (tertiary/aromatic N) is 2. The van der Waals surface area contributed by atoms with Crippen molar-refractivity contribution in [1.29, 1.82) is 0 Å². The molecule has 0 aromatic heterocycles. The van der Waals surface area contributed by atoms with Crippen LogP contribution in [0.3, 0.4) is 0 Å². The Morgan fingerprint density at radius 1 is 1.43 bits per heavy atom. The van der Waals surface area contributed by atoms with Gasteiger partial charge in [0.15, 0.2) is 5.78 Å². The maximum absolute atomic E-state index is 12.5. The Labute approximate surface area is 126 Å². The van der Waals surface area contributed by atoms with Crippen molar-refractivity contribution in [3.8, 4) is 0 Å². The number of carbonyl (C=O) groups is 3. The first-order valence-electron chi connectivity index (χ1n) is 7.48. The molecule has 1 aliphatic heterocycles. The van der Waals surface area contributed by atoms with E-state index in [1.807, 2.05) is 13.8 Å². The molecule has 0 aromatic carbocycles. The number of aliphatic imine (C=N–C) groups is 1. The average molecular weight is 294 g/mol. The van der Waals surface area contributed by atoms with E-state index in [0.717, 1.165) is 6.42 Å². The Morgan fingerprint density at radius 3 is 2.57 bits per heavy atom. The lowest BCUT2D eigenvalue weighted by Gasteiger charge is -2.31. The van der Waals surface area contributed by atoms with Crippen molar-refractivity contribution in [2.75, 3.05) is 13.6 Å². The number of ketones is 1. The van der Waals surface area contributed by atoms with Crippen molar-refractivity contribution in [3.05, 3.63) is 0 Å². The molecule has 118 valence electrons. The van der Waals surface area contributed by atoms with Gasteiger partial charge in [0.25, 0.3) is 0 Å². The first kappa shape index (κ1) is 17.5. The van der Waals surface area contributed by atoms with Gasteiger partial charge in [-0.2, -0.15) is 0 Å². The molecule has 0 aliphatic carbocycles. The largest absolute Gasteiger partial charge is 0.293 e. The minimum atomic E-state index is -0.276. The van der Waals surface area contributed by atoms with Crippen LogP contribution in [0.2, 0.25) is 0 Å². The first-order valence-corrected chi connectivity index (χ1v) is 7.48. The van der Waals surface area contributed by atoms with Gasteiger partial charge in [-0.05, 0) is 17.8 Å². The molecular weight excluding hydrogens is 268 g/mol. The second kappa shape index (κ2) is 6.96. The van der Waals surface area contributed by atoms with E-state index >= 15 is 0 Å². The van der Waals surface area contributed by atoms with Crippen molar-refractivity contribution < 1.29 is 14.4 Å². The van der Waals surface area contributed by atoms with Gasteiger partial charge in [0, 0.05) is 26.4 Å². The lowest BCUT2D eigenvalue weighted by atomic mass is 9.72. The molecule has 1 rings (SSSR count). The van der Waals surface area contributed by atoms with Gasteiger partial charge >= 0.3 is 0 Å². The quantitative estimate of drug-likeness (QED) is 0.533. The smallest absolute Gasteiger partial charge is 0.233 e. The predicted molar refractivity (Wildman–Crippen MR) is 82.1 cm³/mol. The zero-order valence-electron chi connectivity index (χ0n) is 13.7. The number of hydrogen-bond donors (Lipinski definition) is 0. The second-order valence-electron chi connectivity index (χ2n) is 6.83. The molecule has 1 heterocycles. The molecule has 1 aliphatic rings. The first-order chi connectivity index (χ1) is 9.69. The number of rotatable bonds is 7. The summed E-state index contributed by atoms with van der Waals surface area (Å²) in [5, 5.41) is 0. The summed E-state index contributed by atoms with van der Waals surface area (Å²) in [6, 6.07) is 0. The van der Waals surface area contributed by atoms with E-state index in [-0.39, 0.29) is 48.3 Å². The molecule has 21 heavy (non-hydrogen) atoms. The van der Waals surface area contributed by atoms with E-state index in [4.69, 9.17) is 0 Å². The molecule has 1 unspecified atom stereocenters. The van der Waals surface area contributed by atoms with E-state index in [1.54, 1.807) is 0 Å². The summed E-state index contributed by atoms with van der Waals surface area (Å²) in [6.45, 7) is 8.48. The van der Waals surface area contributed by atoms with Crippen molar-refractivity contribution in [3.63, 3.8) is 0 Å². The van der Waals surface area contributed by atoms with Crippen LogP contribution in [-0.2, 0) is 14.4 Å². The molecule has 1 saturated heterocycles. The van der Waals surface area contributed by atoms with Gasteiger partial charge < -0.3 is 0 Å². The van der Waals surface area contributed by atoms with Crippen molar-refractivity contribution in [1.82, 2.24) is 4.90 Å². The maximum atomic E-state index is 12.5. The van der Waals surface area contributed by atoms with E-state index in [9.17, 15) is 14.4 Å². The fourth-order valence-corrected chi connectivity index (χ4v) is 3.15. The fourth-order valence-electron chi connectivity index (χ4n) is 3.15. The molecule has 0 bridgehead atoms. The van der Waals surface area contributed by atoms with Crippen LogP contribution in [0.15, 0.2) is 4.99 Å². The molecule has 0 aromatic rings. The lowest BCUT2D eigenvalue weighted by molar-refractivity contribution is -0.140. The summed E-state index contributed by atoms with van der Waals surface area (Å²) in [5.74, 6) is -0.264. The molecule has 1 atom stereocenters. The van der Waals surface area contributed by atoms with Crippen molar-refractivity contribution in [2.45, 2.75) is 47.0 Å². The van der Waals surface area contributed by atoms with Gasteiger partial charge in [0.1, 0.15) is 0 Å². The Balaban J connectivity index is 2.73. The number of likely N-dealkylation sites (tertiary alicyclic amines) is 1. The molecule has 5 heteroatoms. The van der Waals surface area contributed by atoms with E-state index in [0.29, 0.717) is 5.92 Å². The van der Waals surface area contributed by atoms with Crippen LogP contribution in [0.25, 0.3) is 0 Å². The summed E-state index contributed by atoms with van der Waals surface area (Å²) in [7, 11) is 1.52. The topological polar surface area (TPSA) is 66.8 Å². The third-order valence-electron chi connectivity index (χ3n) is 3.98. The lowest BCUT2D eigenvalue weighted by Crippen LogP contribution is -2.36. The third-order valence-corrected chi connectivity index (χ3v) is 3.98. The number of hydrogen-bond acceptors (Lipinski definition) is 4. The highest BCUT2D eigenvalue weighted by Gasteiger charge is 2.46. The van der Waals surface area contributed by atoms with Gasteiger partial charge in [0.2, 0.25) is 11.8 Å². The molecule has 0 radical (unpaired) electrons. The van der Waals surface area contributed by atoms with Crippen LogP contribution < -0.4 is 0 Å². The second-order valence-corrected chi connectivity index (χ2v) is 6.83. The third kappa shape index (κ3) is 4.48. The van der Waals surface area contributed by atoms with Crippen LogP contribution in [0, 0.1) is 17.3 Å². The standard InChI is InChI=1S/C16H26N2O3/c1-11(2)9-16(3,4)13-8-14(20)18(15(13)21)7-6-12(19)10-17-5/h10-11,13H,6-9H2,1-5H3.